The highest BCUT2D eigenvalue weighted by Crippen LogP contribution is 2.28. The van der Waals surface area contributed by atoms with Crippen LogP contribution in [-0.4, -0.2) is 61.9 Å². The van der Waals surface area contributed by atoms with Gasteiger partial charge in [-0.25, -0.2) is 0 Å². The van der Waals surface area contributed by atoms with Gasteiger partial charge in [0.2, 0.25) is 0 Å². The zero-order chi connectivity index (χ0) is 19.0. The van der Waals surface area contributed by atoms with Crippen molar-refractivity contribution in [2.24, 2.45) is 0 Å². The van der Waals surface area contributed by atoms with E-state index in [0.717, 1.165) is 57.0 Å². The van der Waals surface area contributed by atoms with Crippen LogP contribution in [-0.2, 0) is 13.1 Å². The lowest BCUT2D eigenvalue weighted by atomic mass is 9.94. The average molecular weight is 371 g/mol. The molecule has 2 aromatic heterocycles. The van der Waals surface area contributed by atoms with Crippen molar-refractivity contribution in [2.75, 3.05) is 26.7 Å². The van der Waals surface area contributed by atoms with Crippen LogP contribution in [0, 0.1) is 0 Å². The molecule has 1 unspecified atom stereocenters. The van der Waals surface area contributed by atoms with Gasteiger partial charge in [0.05, 0.1) is 11.9 Å². The zero-order valence-corrected chi connectivity index (χ0v) is 16.6. The number of amides is 1. The van der Waals surface area contributed by atoms with Crippen molar-refractivity contribution in [2.45, 2.75) is 58.2 Å². The van der Waals surface area contributed by atoms with Crippen LogP contribution < -0.4 is 0 Å². The summed E-state index contributed by atoms with van der Waals surface area (Å²) < 4.78 is 3.94. The van der Waals surface area contributed by atoms with E-state index in [0.29, 0.717) is 12.0 Å². The number of aromatic nitrogens is 4. The first-order valence-corrected chi connectivity index (χ1v) is 10.1. The maximum atomic E-state index is 12.5. The summed E-state index contributed by atoms with van der Waals surface area (Å²) in [7, 11) is 1.88. The van der Waals surface area contributed by atoms with Gasteiger partial charge in [-0.1, -0.05) is 0 Å². The van der Waals surface area contributed by atoms with Crippen LogP contribution in [0.15, 0.2) is 18.5 Å². The Hall–Kier alpha value is -2.15. The first-order valence-electron chi connectivity index (χ1n) is 10.1. The molecule has 1 amide bonds. The number of rotatable bonds is 4. The second-order valence-corrected chi connectivity index (χ2v) is 8.25. The maximum Gasteiger partial charge on any atom is 0.271 e. The number of likely N-dealkylation sites (tertiary alicyclic amines) is 1. The largest absolute Gasteiger partial charge is 0.340 e. The first kappa shape index (κ1) is 18.2. The number of piperidine rings is 1. The molecule has 1 atom stereocenters. The lowest BCUT2D eigenvalue weighted by molar-refractivity contribution is 0.0796. The Morgan fingerprint density at radius 2 is 2.07 bits per heavy atom. The highest BCUT2D eigenvalue weighted by Gasteiger charge is 2.28. The lowest BCUT2D eigenvalue weighted by Gasteiger charge is -2.31. The molecule has 0 spiro atoms. The van der Waals surface area contributed by atoms with Crippen molar-refractivity contribution in [3.63, 3.8) is 0 Å². The summed E-state index contributed by atoms with van der Waals surface area (Å²) in [6.07, 6.45) is 7.41. The fourth-order valence-corrected chi connectivity index (χ4v) is 4.17. The molecule has 4 heterocycles. The van der Waals surface area contributed by atoms with E-state index in [2.05, 4.69) is 30.0 Å². The number of carbonyl (C=O) groups excluding carboxylic acids is 1. The SMILES string of the molecule is CC(C)n1cc(CN2CCCC(c3cc4n(n3)CCCN(C)C4=O)C2)cn1. The minimum atomic E-state index is 0.0972. The number of aryl methyl sites for hydroxylation is 1. The Bertz CT molecular complexity index is 807. The summed E-state index contributed by atoms with van der Waals surface area (Å²) in [5, 5.41) is 9.27. The van der Waals surface area contributed by atoms with Gasteiger partial charge in [0, 0.05) is 56.9 Å². The second-order valence-electron chi connectivity index (χ2n) is 8.25. The molecule has 1 saturated heterocycles. The van der Waals surface area contributed by atoms with Crippen LogP contribution in [0.25, 0.3) is 0 Å². The van der Waals surface area contributed by atoms with Crippen LogP contribution in [0.5, 0.6) is 0 Å². The van der Waals surface area contributed by atoms with Crippen molar-refractivity contribution in [3.05, 3.63) is 35.4 Å². The molecule has 0 N–H and O–H groups in total. The predicted octanol–water partition coefficient (Wildman–Crippen LogP) is 2.52. The molecule has 0 aliphatic carbocycles. The van der Waals surface area contributed by atoms with Crippen LogP contribution in [0.4, 0.5) is 0 Å². The zero-order valence-electron chi connectivity index (χ0n) is 16.6. The van der Waals surface area contributed by atoms with Gasteiger partial charge in [0.15, 0.2) is 0 Å². The van der Waals surface area contributed by atoms with E-state index in [1.807, 2.05) is 33.6 Å². The van der Waals surface area contributed by atoms with Crippen LogP contribution in [0.3, 0.4) is 0 Å². The number of fused-ring (bicyclic) bond motifs is 1. The molecule has 2 aromatic rings. The van der Waals surface area contributed by atoms with Crippen LogP contribution in [0.1, 0.15) is 66.8 Å². The molecule has 0 aromatic carbocycles. The Labute approximate surface area is 160 Å². The van der Waals surface area contributed by atoms with Gasteiger partial charge < -0.3 is 4.90 Å². The third-order valence-electron chi connectivity index (χ3n) is 5.74. The topological polar surface area (TPSA) is 59.2 Å². The minimum Gasteiger partial charge on any atom is -0.340 e. The third kappa shape index (κ3) is 3.78. The Morgan fingerprint density at radius 1 is 1.22 bits per heavy atom. The standard InChI is InChI=1S/C20H30N6O/c1-15(2)26-13-16(11-21-26)12-24-8-4-6-17(14-24)18-10-19-20(27)23(3)7-5-9-25(19)22-18/h10-11,13,15,17H,4-9,12,14H2,1-3H3. The van der Waals surface area contributed by atoms with Crippen molar-refractivity contribution in [1.29, 1.82) is 0 Å². The number of hydrogen-bond acceptors (Lipinski definition) is 4. The Kier molecular flexibility index (Phi) is 5.04. The van der Waals surface area contributed by atoms with Gasteiger partial charge in [0.1, 0.15) is 5.69 Å². The van der Waals surface area contributed by atoms with Crippen LogP contribution in [0.2, 0.25) is 0 Å². The van der Waals surface area contributed by atoms with E-state index < -0.39 is 0 Å². The molecular formula is C20H30N6O. The molecule has 2 aliphatic heterocycles. The summed E-state index contributed by atoms with van der Waals surface area (Å²) in [6, 6.07) is 2.43. The van der Waals surface area contributed by atoms with Crippen molar-refractivity contribution < 1.29 is 4.79 Å². The normalized spacial score (nSPS) is 21.6. The quantitative estimate of drug-likeness (QED) is 0.830. The Balaban J connectivity index is 1.46. The van der Waals surface area contributed by atoms with E-state index in [9.17, 15) is 4.79 Å². The van der Waals surface area contributed by atoms with E-state index in [1.165, 1.54) is 12.0 Å². The molecule has 27 heavy (non-hydrogen) atoms. The summed E-state index contributed by atoms with van der Waals surface area (Å²) in [5.41, 5.74) is 3.10. The molecule has 7 nitrogen and oxygen atoms in total. The summed E-state index contributed by atoms with van der Waals surface area (Å²) in [4.78, 5) is 16.8. The predicted molar refractivity (Wildman–Crippen MR) is 104 cm³/mol. The lowest BCUT2D eigenvalue weighted by Crippen LogP contribution is -2.34. The number of carbonyl (C=O) groups is 1. The van der Waals surface area contributed by atoms with Crippen molar-refractivity contribution >= 4 is 5.91 Å². The van der Waals surface area contributed by atoms with E-state index >= 15 is 0 Å². The second kappa shape index (κ2) is 7.46. The van der Waals surface area contributed by atoms with E-state index in [4.69, 9.17) is 5.10 Å². The molecule has 0 bridgehead atoms. The van der Waals surface area contributed by atoms with Gasteiger partial charge >= 0.3 is 0 Å². The highest BCUT2D eigenvalue weighted by atomic mass is 16.2. The maximum absolute atomic E-state index is 12.5. The van der Waals surface area contributed by atoms with Gasteiger partial charge in [-0.3, -0.25) is 19.1 Å². The van der Waals surface area contributed by atoms with E-state index in [1.54, 1.807) is 0 Å². The molecule has 2 aliphatic rings. The van der Waals surface area contributed by atoms with Gasteiger partial charge in [0.25, 0.3) is 5.91 Å². The molecule has 4 rings (SSSR count). The smallest absolute Gasteiger partial charge is 0.271 e. The molecule has 1 fully saturated rings. The summed E-state index contributed by atoms with van der Waals surface area (Å²) in [5.74, 6) is 0.497. The molecule has 7 heteroatoms. The molecule has 0 saturated carbocycles. The fraction of sp³-hybridized carbons (Fsp3) is 0.650. The molecule has 0 radical (unpaired) electrons. The van der Waals surface area contributed by atoms with Crippen molar-refractivity contribution in [1.82, 2.24) is 29.4 Å². The summed E-state index contributed by atoms with van der Waals surface area (Å²) >= 11 is 0. The third-order valence-corrected chi connectivity index (χ3v) is 5.74. The van der Waals surface area contributed by atoms with E-state index in [-0.39, 0.29) is 5.91 Å². The van der Waals surface area contributed by atoms with Gasteiger partial charge in [-0.15, -0.1) is 0 Å². The van der Waals surface area contributed by atoms with Gasteiger partial charge in [-0.2, -0.15) is 10.2 Å². The first-order chi connectivity index (χ1) is 13.0. The molecule has 146 valence electrons. The van der Waals surface area contributed by atoms with Gasteiger partial charge in [-0.05, 0) is 45.7 Å². The summed E-state index contributed by atoms with van der Waals surface area (Å²) in [6.45, 7) is 8.96. The molecular weight excluding hydrogens is 340 g/mol. The Morgan fingerprint density at radius 3 is 2.85 bits per heavy atom. The average Bonchev–Trinajstić information content (AvgIpc) is 3.26. The number of nitrogens with zero attached hydrogens (tertiary/aromatic N) is 6. The van der Waals surface area contributed by atoms with Crippen LogP contribution >= 0.6 is 0 Å². The monoisotopic (exact) mass is 370 g/mol. The number of hydrogen-bond donors (Lipinski definition) is 0. The van der Waals surface area contributed by atoms with Crippen molar-refractivity contribution in [3.8, 4) is 0 Å². The highest BCUT2D eigenvalue weighted by molar-refractivity contribution is 5.92. The minimum absolute atomic E-state index is 0.0972. The fourth-order valence-electron chi connectivity index (χ4n) is 4.17.